The van der Waals surface area contributed by atoms with Crippen LogP contribution in [-0.4, -0.2) is 26.4 Å². The Balaban J connectivity index is 1.39. The molecule has 0 saturated carbocycles. The van der Waals surface area contributed by atoms with E-state index in [1.165, 1.54) is 0 Å². The number of aromatic nitrogens is 4. The number of hydrogen-bond donors (Lipinski definition) is 0. The average Bonchev–Trinajstić information content (AvgIpc) is 3.36. The van der Waals surface area contributed by atoms with E-state index in [4.69, 9.17) is 14.2 Å². The largest absolute Gasteiger partial charge is 0.485 e. The molecule has 0 saturated heterocycles. The summed E-state index contributed by atoms with van der Waals surface area (Å²) in [5.41, 5.74) is 1.10. The van der Waals surface area contributed by atoms with E-state index in [-0.39, 0.29) is 6.79 Å². The molecule has 1 aliphatic heterocycles. The van der Waals surface area contributed by atoms with Crippen molar-refractivity contribution in [2.24, 2.45) is 0 Å². The first-order chi connectivity index (χ1) is 12.4. The van der Waals surface area contributed by atoms with Crippen molar-refractivity contribution >= 4 is 16.3 Å². The van der Waals surface area contributed by atoms with E-state index < -0.39 is 0 Å². The minimum atomic E-state index is 0.246. The van der Waals surface area contributed by atoms with Crippen LogP contribution in [0.15, 0.2) is 48.9 Å². The van der Waals surface area contributed by atoms with Crippen LogP contribution in [0.25, 0.3) is 15.4 Å². The minimum absolute atomic E-state index is 0.246. The first-order valence-electron chi connectivity index (χ1n) is 7.63. The fourth-order valence-corrected chi connectivity index (χ4v) is 3.56. The maximum atomic E-state index is 5.83. The van der Waals surface area contributed by atoms with Crippen LogP contribution >= 0.6 is 11.3 Å². The summed E-state index contributed by atoms with van der Waals surface area (Å²) >= 11 is 1.58. The highest BCUT2D eigenvalue weighted by atomic mass is 32.1. The summed E-state index contributed by atoms with van der Waals surface area (Å²) in [6.45, 7) is 0.559. The van der Waals surface area contributed by atoms with E-state index >= 15 is 0 Å². The number of nitrogens with zero attached hydrogens (tertiary/aromatic N) is 4. The summed E-state index contributed by atoms with van der Waals surface area (Å²) < 4.78 is 18.4. The zero-order chi connectivity index (χ0) is 16.6. The molecule has 0 amide bonds. The Labute approximate surface area is 146 Å². The first kappa shape index (κ1) is 14.2. The van der Waals surface area contributed by atoms with E-state index in [9.17, 15) is 0 Å². The SMILES string of the molecule is c1cc(-c2cn3c(COc4ccc5c(c4)OCO5)nnc3s2)ccn1. The lowest BCUT2D eigenvalue weighted by Crippen LogP contribution is -2.00. The fraction of sp³-hybridized carbons (Fsp3) is 0.118. The molecule has 0 spiro atoms. The molecule has 4 aromatic rings. The third kappa shape index (κ3) is 2.56. The summed E-state index contributed by atoms with van der Waals surface area (Å²) in [5, 5.41) is 8.43. The highest BCUT2D eigenvalue weighted by Crippen LogP contribution is 2.35. The first-order valence-corrected chi connectivity index (χ1v) is 8.45. The second kappa shape index (κ2) is 5.75. The van der Waals surface area contributed by atoms with Gasteiger partial charge in [0.2, 0.25) is 11.8 Å². The molecule has 0 atom stereocenters. The van der Waals surface area contributed by atoms with Gasteiger partial charge in [0.15, 0.2) is 17.3 Å². The lowest BCUT2D eigenvalue weighted by molar-refractivity contribution is 0.173. The lowest BCUT2D eigenvalue weighted by atomic mass is 10.2. The van der Waals surface area contributed by atoms with Crippen molar-refractivity contribution < 1.29 is 14.2 Å². The number of rotatable bonds is 4. The van der Waals surface area contributed by atoms with Crippen LogP contribution in [0.1, 0.15) is 5.82 Å². The average molecular weight is 352 g/mol. The molecule has 0 aliphatic carbocycles. The second-order valence-electron chi connectivity index (χ2n) is 5.40. The number of hydrogen-bond acceptors (Lipinski definition) is 7. The Hall–Kier alpha value is -3.13. The fourth-order valence-electron chi connectivity index (χ4n) is 2.61. The van der Waals surface area contributed by atoms with Gasteiger partial charge in [-0.15, -0.1) is 10.2 Å². The number of ether oxygens (including phenoxy) is 3. The predicted octanol–water partition coefficient (Wildman–Crippen LogP) is 3.16. The molecule has 0 radical (unpaired) electrons. The molecule has 4 heterocycles. The maximum Gasteiger partial charge on any atom is 0.231 e. The maximum absolute atomic E-state index is 5.83. The Morgan fingerprint density at radius 3 is 2.88 bits per heavy atom. The van der Waals surface area contributed by atoms with Crippen molar-refractivity contribution in [3.63, 3.8) is 0 Å². The van der Waals surface area contributed by atoms with Crippen LogP contribution in [0.2, 0.25) is 0 Å². The Morgan fingerprint density at radius 1 is 1.08 bits per heavy atom. The highest BCUT2D eigenvalue weighted by Gasteiger charge is 2.15. The van der Waals surface area contributed by atoms with E-state index in [0.717, 1.165) is 27.0 Å². The Bertz CT molecular complexity index is 1040. The van der Waals surface area contributed by atoms with Gasteiger partial charge in [-0.2, -0.15) is 0 Å². The van der Waals surface area contributed by atoms with Crippen LogP contribution in [0.5, 0.6) is 17.2 Å². The molecule has 0 bridgehead atoms. The van der Waals surface area contributed by atoms with Gasteiger partial charge in [0.25, 0.3) is 0 Å². The molecule has 3 aromatic heterocycles. The van der Waals surface area contributed by atoms with Crippen molar-refractivity contribution in [1.29, 1.82) is 0 Å². The van der Waals surface area contributed by atoms with Gasteiger partial charge < -0.3 is 14.2 Å². The quantitative estimate of drug-likeness (QED) is 0.562. The normalized spacial score (nSPS) is 12.6. The standard InChI is InChI=1S/C17H12N4O3S/c1-2-13-14(24-10-23-13)7-12(1)22-9-16-19-20-17-21(16)8-15(25-17)11-3-5-18-6-4-11/h1-8H,9-10H2. The molecular formula is C17H12N4O3S. The molecule has 8 heteroatoms. The van der Waals surface area contributed by atoms with Gasteiger partial charge in [0, 0.05) is 24.7 Å². The van der Waals surface area contributed by atoms with Gasteiger partial charge in [-0.3, -0.25) is 9.38 Å². The van der Waals surface area contributed by atoms with Crippen LogP contribution in [0, 0.1) is 0 Å². The summed E-state index contributed by atoms with van der Waals surface area (Å²) in [6, 6.07) is 9.45. The van der Waals surface area contributed by atoms with Crippen LogP contribution < -0.4 is 14.2 Å². The zero-order valence-electron chi connectivity index (χ0n) is 13.0. The van der Waals surface area contributed by atoms with Gasteiger partial charge >= 0.3 is 0 Å². The summed E-state index contributed by atoms with van der Waals surface area (Å²) in [7, 11) is 0. The summed E-state index contributed by atoms with van der Waals surface area (Å²) in [6.07, 6.45) is 5.58. The Kier molecular flexibility index (Phi) is 3.27. The van der Waals surface area contributed by atoms with Crippen LogP contribution in [-0.2, 0) is 6.61 Å². The highest BCUT2D eigenvalue weighted by molar-refractivity contribution is 7.20. The third-order valence-electron chi connectivity index (χ3n) is 3.86. The molecular weight excluding hydrogens is 340 g/mol. The van der Waals surface area contributed by atoms with Crippen LogP contribution in [0.4, 0.5) is 0 Å². The molecule has 25 heavy (non-hydrogen) atoms. The van der Waals surface area contributed by atoms with E-state index in [1.807, 2.05) is 40.9 Å². The molecule has 0 unspecified atom stereocenters. The third-order valence-corrected chi connectivity index (χ3v) is 4.88. The zero-order valence-corrected chi connectivity index (χ0v) is 13.8. The van der Waals surface area contributed by atoms with Gasteiger partial charge in [-0.25, -0.2) is 0 Å². The van der Waals surface area contributed by atoms with Crippen molar-refractivity contribution in [3.8, 4) is 27.7 Å². The van der Waals surface area contributed by atoms with Crippen LogP contribution in [0.3, 0.4) is 0 Å². The number of thiazole rings is 1. The Morgan fingerprint density at radius 2 is 1.96 bits per heavy atom. The number of pyridine rings is 1. The van der Waals surface area contributed by atoms with E-state index in [2.05, 4.69) is 15.2 Å². The van der Waals surface area contributed by atoms with Gasteiger partial charge in [-0.05, 0) is 29.8 Å². The summed E-state index contributed by atoms with van der Waals surface area (Å²) in [4.78, 5) is 5.99. The topological polar surface area (TPSA) is 70.8 Å². The smallest absolute Gasteiger partial charge is 0.231 e. The minimum Gasteiger partial charge on any atom is -0.485 e. The molecule has 0 N–H and O–H groups in total. The van der Waals surface area contributed by atoms with E-state index in [0.29, 0.717) is 18.1 Å². The van der Waals surface area contributed by atoms with Crippen molar-refractivity contribution in [2.45, 2.75) is 6.61 Å². The monoisotopic (exact) mass is 352 g/mol. The molecule has 5 rings (SSSR count). The van der Waals surface area contributed by atoms with Gasteiger partial charge in [0.05, 0.1) is 4.88 Å². The van der Waals surface area contributed by atoms with Crippen molar-refractivity contribution in [3.05, 3.63) is 54.7 Å². The number of fused-ring (bicyclic) bond motifs is 2. The van der Waals surface area contributed by atoms with E-state index in [1.54, 1.807) is 23.7 Å². The molecule has 1 aromatic carbocycles. The lowest BCUT2D eigenvalue weighted by Gasteiger charge is -2.05. The molecule has 7 nitrogen and oxygen atoms in total. The second-order valence-corrected chi connectivity index (χ2v) is 6.41. The van der Waals surface area contributed by atoms with Gasteiger partial charge in [0.1, 0.15) is 12.4 Å². The van der Waals surface area contributed by atoms with Gasteiger partial charge in [-0.1, -0.05) is 11.3 Å². The predicted molar refractivity (Wildman–Crippen MR) is 91.0 cm³/mol. The van der Waals surface area contributed by atoms with Crippen molar-refractivity contribution in [2.75, 3.05) is 6.79 Å². The number of benzene rings is 1. The van der Waals surface area contributed by atoms with Crippen molar-refractivity contribution in [1.82, 2.24) is 19.6 Å². The molecule has 0 fully saturated rings. The summed E-state index contributed by atoms with van der Waals surface area (Å²) in [5.74, 6) is 2.87. The molecule has 1 aliphatic rings. The molecule has 124 valence electrons.